The van der Waals surface area contributed by atoms with Gasteiger partial charge in [-0.2, -0.15) is 0 Å². The number of allylic oxidation sites excluding steroid dienone is 1. The quantitative estimate of drug-likeness (QED) is 0.142. The number of unbranched alkanes of at least 4 members (excludes halogenated alkanes) is 10. The highest BCUT2D eigenvalue weighted by molar-refractivity contribution is 6.29. The predicted octanol–water partition coefficient (Wildman–Crippen LogP) is 10.1. The van der Waals surface area contributed by atoms with Gasteiger partial charge < -0.3 is 4.90 Å². The van der Waals surface area contributed by atoms with Gasteiger partial charge in [0, 0.05) is 11.1 Å². The van der Waals surface area contributed by atoms with Crippen LogP contribution in [0.1, 0.15) is 143 Å². The van der Waals surface area contributed by atoms with Crippen LogP contribution < -0.4 is 0 Å². The number of halogens is 1. The van der Waals surface area contributed by atoms with E-state index in [0.717, 1.165) is 11.1 Å². The Morgan fingerprint density at radius 2 is 1.10 bits per heavy atom. The topological polar surface area (TPSA) is 3.24 Å². The van der Waals surface area contributed by atoms with Crippen LogP contribution in [0.5, 0.6) is 0 Å². The van der Waals surface area contributed by atoms with Gasteiger partial charge in [0.25, 0.3) is 0 Å². The summed E-state index contributed by atoms with van der Waals surface area (Å²) < 4.78 is 0. The molecule has 0 saturated carbocycles. The van der Waals surface area contributed by atoms with Gasteiger partial charge in [-0.25, -0.2) is 0 Å². The van der Waals surface area contributed by atoms with E-state index in [9.17, 15) is 0 Å². The summed E-state index contributed by atoms with van der Waals surface area (Å²) in [4.78, 5) is 2.78. The smallest absolute Gasteiger partial charge is 0.0140 e. The first-order valence-electron chi connectivity index (χ1n) is 13.7. The molecular weight excluding hydrogens is 386 g/mol. The van der Waals surface area contributed by atoms with E-state index in [4.69, 9.17) is 11.6 Å². The van der Waals surface area contributed by atoms with Gasteiger partial charge in [0.15, 0.2) is 0 Å². The van der Waals surface area contributed by atoms with Crippen LogP contribution in [0.15, 0.2) is 11.6 Å². The maximum absolute atomic E-state index is 6.40. The molecule has 0 heterocycles. The molecule has 1 nitrogen and oxygen atoms in total. The standard InChI is InChI=1S/C28H56ClN/c1-6-10-13-14-15-16-17-18-19-21-27(26(5)29)22-20-23-28(9-4)30(24-11-7-2)25-12-8-3/h27-28H,5-25H2,1-4H3. The van der Waals surface area contributed by atoms with Crippen molar-refractivity contribution in [3.8, 4) is 0 Å². The average Bonchev–Trinajstić information content (AvgIpc) is 2.74. The molecule has 0 aliphatic carbocycles. The first-order valence-corrected chi connectivity index (χ1v) is 14.1. The third kappa shape index (κ3) is 16.7. The molecule has 0 rings (SSSR count). The molecule has 2 unspecified atom stereocenters. The van der Waals surface area contributed by atoms with E-state index in [1.165, 1.54) is 129 Å². The van der Waals surface area contributed by atoms with E-state index in [-0.39, 0.29) is 0 Å². The summed E-state index contributed by atoms with van der Waals surface area (Å²) in [5, 5.41) is 0.899. The van der Waals surface area contributed by atoms with Crippen molar-refractivity contribution >= 4 is 11.6 Å². The van der Waals surface area contributed by atoms with Crippen molar-refractivity contribution in [2.45, 2.75) is 149 Å². The minimum absolute atomic E-state index is 0.522. The Hall–Kier alpha value is -0.0100. The molecule has 0 aliphatic heterocycles. The van der Waals surface area contributed by atoms with Crippen LogP contribution in [0, 0.1) is 5.92 Å². The second kappa shape index (κ2) is 22.2. The molecule has 2 atom stereocenters. The summed E-state index contributed by atoms with van der Waals surface area (Å²) in [6.07, 6.45) is 24.2. The van der Waals surface area contributed by atoms with E-state index in [0.29, 0.717) is 5.92 Å². The second-order valence-electron chi connectivity index (χ2n) is 9.50. The maximum Gasteiger partial charge on any atom is 0.0140 e. The summed E-state index contributed by atoms with van der Waals surface area (Å²) in [5.74, 6) is 0.522. The highest BCUT2D eigenvalue weighted by Gasteiger charge is 2.17. The van der Waals surface area contributed by atoms with Crippen molar-refractivity contribution in [2.75, 3.05) is 13.1 Å². The van der Waals surface area contributed by atoms with Crippen molar-refractivity contribution in [2.24, 2.45) is 5.92 Å². The lowest BCUT2D eigenvalue weighted by molar-refractivity contribution is 0.171. The van der Waals surface area contributed by atoms with Crippen molar-refractivity contribution < 1.29 is 0 Å². The van der Waals surface area contributed by atoms with Crippen LogP contribution in [0.3, 0.4) is 0 Å². The molecule has 0 aromatic rings. The average molecular weight is 442 g/mol. The SMILES string of the molecule is C=C(Cl)C(CCCCCCCCCCC)CCCC(CC)N(CCCC)CCCC. The Labute approximate surface area is 196 Å². The minimum Gasteiger partial charge on any atom is -0.300 e. The molecule has 0 N–H and O–H groups in total. The molecule has 180 valence electrons. The fourth-order valence-corrected chi connectivity index (χ4v) is 4.82. The van der Waals surface area contributed by atoms with Gasteiger partial charge in [-0.3, -0.25) is 0 Å². The Morgan fingerprint density at radius 3 is 1.57 bits per heavy atom. The van der Waals surface area contributed by atoms with Crippen molar-refractivity contribution in [1.82, 2.24) is 4.90 Å². The maximum atomic E-state index is 6.40. The first-order chi connectivity index (χ1) is 14.6. The van der Waals surface area contributed by atoms with Gasteiger partial charge in [-0.1, -0.05) is 123 Å². The van der Waals surface area contributed by atoms with Crippen LogP contribution in [0.2, 0.25) is 0 Å². The van der Waals surface area contributed by atoms with Gasteiger partial charge in [0.2, 0.25) is 0 Å². The zero-order chi connectivity index (χ0) is 22.5. The molecule has 0 fully saturated rings. The van der Waals surface area contributed by atoms with Crippen LogP contribution in [0.4, 0.5) is 0 Å². The van der Waals surface area contributed by atoms with Gasteiger partial charge in [0.05, 0.1) is 0 Å². The molecule has 0 radical (unpaired) electrons. The Bertz CT molecular complexity index is 360. The van der Waals surface area contributed by atoms with Crippen LogP contribution in [-0.2, 0) is 0 Å². The summed E-state index contributed by atoms with van der Waals surface area (Å²) in [6.45, 7) is 15.9. The Kier molecular flexibility index (Phi) is 22.2. The van der Waals surface area contributed by atoms with E-state index in [1.807, 2.05) is 0 Å². The number of hydrogen-bond donors (Lipinski definition) is 0. The Morgan fingerprint density at radius 1 is 0.633 bits per heavy atom. The summed E-state index contributed by atoms with van der Waals surface area (Å²) >= 11 is 6.40. The van der Waals surface area contributed by atoms with Gasteiger partial charge in [-0.05, 0) is 57.5 Å². The molecule has 30 heavy (non-hydrogen) atoms. The van der Waals surface area contributed by atoms with Crippen LogP contribution >= 0.6 is 11.6 Å². The van der Waals surface area contributed by atoms with E-state index in [2.05, 4.69) is 39.2 Å². The summed E-state index contributed by atoms with van der Waals surface area (Å²) in [5.41, 5.74) is 0. The second-order valence-corrected chi connectivity index (χ2v) is 9.98. The van der Waals surface area contributed by atoms with Gasteiger partial charge >= 0.3 is 0 Å². The van der Waals surface area contributed by atoms with E-state index >= 15 is 0 Å². The lowest BCUT2D eigenvalue weighted by Gasteiger charge is -2.31. The fourth-order valence-electron chi connectivity index (χ4n) is 4.60. The van der Waals surface area contributed by atoms with Gasteiger partial charge in [0.1, 0.15) is 0 Å². The lowest BCUT2D eigenvalue weighted by Crippen LogP contribution is -2.36. The van der Waals surface area contributed by atoms with E-state index in [1.54, 1.807) is 0 Å². The molecule has 0 bridgehead atoms. The van der Waals surface area contributed by atoms with Crippen LogP contribution in [0.25, 0.3) is 0 Å². The number of nitrogens with zero attached hydrogens (tertiary/aromatic N) is 1. The lowest BCUT2D eigenvalue weighted by atomic mass is 9.93. The van der Waals surface area contributed by atoms with Crippen molar-refractivity contribution in [3.63, 3.8) is 0 Å². The zero-order valence-corrected chi connectivity index (χ0v) is 22.1. The summed E-state index contributed by atoms with van der Waals surface area (Å²) in [6, 6.07) is 0.750. The van der Waals surface area contributed by atoms with Crippen molar-refractivity contribution in [1.29, 1.82) is 0 Å². The molecule has 0 spiro atoms. The molecule has 0 aromatic carbocycles. The monoisotopic (exact) mass is 441 g/mol. The number of rotatable bonds is 23. The first kappa shape index (κ1) is 30.0. The zero-order valence-electron chi connectivity index (χ0n) is 21.3. The Balaban J connectivity index is 4.14. The highest BCUT2D eigenvalue weighted by Crippen LogP contribution is 2.27. The fraction of sp³-hybridized carbons (Fsp3) is 0.929. The largest absolute Gasteiger partial charge is 0.300 e. The predicted molar refractivity (Wildman–Crippen MR) is 140 cm³/mol. The summed E-state index contributed by atoms with van der Waals surface area (Å²) in [7, 11) is 0. The highest BCUT2D eigenvalue weighted by atomic mass is 35.5. The molecule has 0 amide bonds. The normalized spacial score (nSPS) is 13.7. The molecule has 0 aliphatic rings. The molecule has 0 saturated heterocycles. The van der Waals surface area contributed by atoms with Crippen molar-refractivity contribution in [3.05, 3.63) is 11.6 Å². The third-order valence-electron chi connectivity index (χ3n) is 6.77. The molecular formula is C28H56ClN. The van der Waals surface area contributed by atoms with Crippen LogP contribution in [-0.4, -0.2) is 24.0 Å². The van der Waals surface area contributed by atoms with Gasteiger partial charge in [-0.15, -0.1) is 0 Å². The molecule has 0 aromatic heterocycles. The third-order valence-corrected chi connectivity index (χ3v) is 7.08. The number of hydrogen-bond acceptors (Lipinski definition) is 1. The minimum atomic E-state index is 0.522. The molecule has 2 heteroatoms. The van der Waals surface area contributed by atoms with E-state index < -0.39 is 0 Å².